The van der Waals surface area contributed by atoms with Crippen LogP contribution in [0.3, 0.4) is 0 Å². The van der Waals surface area contributed by atoms with E-state index in [1.807, 2.05) is 54.6 Å². The second-order valence-electron chi connectivity index (χ2n) is 5.28. The zero-order chi connectivity index (χ0) is 14.9. The molecule has 1 aliphatic rings. The Bertz CT molecular complexity index is 669. The molecule has 0 spiro atoms. The van der Waals surface area contributed by atoms with E-state index in [0.717, 1.165) is 16.7 Å². The van der Waals surface area contributed by atoms with Gasteiger partial charge in [-0.1, -0.05) is 54.6 Å². The van der Waals surface area contributed by atoms with Gasteiger partial charge in [0.25, 0.3) is 0 Å². The first-order chi connectivity index (χ1) is 10.1. The van der Waals surface area contributed by atoms with Gasteiger partial charge in [0.1, 0.15) is 6.10 Å². The van der Waals surface area contributed by atoms with Crippen LogP contribution in [0, 0.1) is 0 Å². The fourth-order valence-corrected chi connectivity index (χ4v) is 2.37. The molecule has 106 valence electrons. The Morgan fingerprint density at radius 1 is 1.00 bits per heavy atom. The molecular formula is C18H16O3. The molecule has 0 radical (unpaired) electrons. The van der Waals surface area contributed by atoms with Crippen molar-refractivity contribution in [2.24, 2.45) is 0 Å². The van der Waals surface area contributed by atoms with E-state index in [9.17, 15) is 9.90 Å². The molecule has 0 aliphatic carbocycles. The van der Waals surface area contributed by atoms with Crippen molar-refractivity contribution in [1.82, 2.24) is 0 Å². The Morgan fingerprint density at radius 3 is 2.29 bits per heavy atom. The molecule has 21 heavy (non-hydrogen) atoms. The zero-order valence-corrected chi connectivity index (χ0v) is 11.7. The SMILES string of the molecule is C[C@@]1(O)C=CC(=O)[C@@H](c2ccc(-c3ccccc3)cc2)O1. The first kappa shape index (κ1) is 13.7. The third-order valence-corrected chi connectivity index (χ3v) is 3.49. The number of ether oxygens (including phenoxy) is 1. The summed E-state index contributed by atoms with van der Waals surface area (Å²) in [6.07, 6.45) is 1.98. The van der Waals surface area contributed by atoms with Crippen molar-refractivity contribution in [2.75, 3.05) is 0 Å². The molecule has 2 atom stereocenters. The average molecular weight is 280 g/mol. The van der Waals surface area contributed by atoms with Gasteiger partial charge in [0.15, 0.2) is 11.6 Å². The highest BCUT2D eigenvalue weighted by Gasteiger charge is 2.32. The van der Waals surface area contributed by atoms with Crippen LogP contribution in [0.25, 0.3) is 11.1 Å². The molecule has 3 nitrogen and oxygen atoms in total. The smallest absolute Gasteiger partial charge is 0.188 e. The maximum atomic E-state index is 11.9. The second-order valence-corrected chi connectivity index (χ2v) is 5.28. The highest BCUT2D eigenvalue weighted by molar-refractivity contribution is 5.95. The van der Waals surface area contributed by atoms with Gasteiger partial charge >= 0.3 is 0 Å². The minimum Gasteiger partial charge on any atom is -0.362 e. The van der Waals surface area contributed by atoms with Crippen LogP contribution in [0.5, 0.6) is 0 Å². The van der Waals surface area contributed by atoms with Crippen molar-refractivity contribution < 1.29 is 14.6 Å². The minimum absolute atomic E-state index is 0.158. The Balaban J connectivity index is 1.88. The molecule has 3 heteroatoms. The van der Waals surface area contributed by atoms with Gasteiger partial charge in [0.05, 0.1) is 0 Å². The van der Waals surface area contributed by atoms with Crippen molar-refractivity contribution >= 4 is 5.78 Å². The molecule has 0 aromatic heterocycles. The summed E-state index contributed by atoms with van der Waals surface area (Å²) in [5.41, 5.74) is 2.93. The summed E-state index contributed by atoms with van der Waals surface area (Å²) in [5, 5.41) is 9.90. The van der Waals surface area contributed by atoms with Crippen molar-refractivity contribution in [3.63, 3.8) is 0 Å². The number of benzene rings is 2. The van der Waals surface area contributed by atoms with Gasteiger partial charge in [-0.15, -0.1) is 0 Å². The molecule has 2 aromatic carbocycles. The fraction of sp³-hybridized carbons (Fsp3) is 0.167. The lowest BCUT2D eigenvalue weighted by Gasteiger charge is -2.29. The molecule has 1 N–H and O–H groups in total. The number of rotatable bonds is 2. The van der Waals surface area contributed by atoms with E-state index in [4.69, 9.17) is 4.74 Å². The summed E-state index contributed by atoms with van der Waals surface area (Å²) in [6.45, 7) is 1.52. The Kier molecular flexibility index (Phi) is 3.45. The second kappa shape index (κ2) is 5.28. The zero-order valence-electron chi connectivity index (χ0n) is 11.7. The summed E-state index contributed by atoms with van der Waals surface area (Å²) < 4.78 is 5.44. The van der Waals surface area contributed by atoms with Crippen molar-refractivity contribution in [3.05, 3.63) is 72.3 Å². The van der Waals surface area contributed by atoms with Crippen LogP contribution in [0.4, 0.5) is 0 Å². The normalized spacial score (nSPS) is 25.0. The molecule has 0 unspecified atom stereocenters. The van der Waals surface area contributed by atoms with Gasteiger partial charge in [-0.05, 0) is 35.8 Å². The summed E-state index contributed by atoms with van der Waals surface area (Å²) in [4.78, 5) is 11.9. The molecule has 1 aliphatic heterocycles. The van der Waals surface area contributed by atoms with Gasteiger partial charge in [0.2, 0.25) is 0 Å². The van der Waals surface area contributed by atoms with Gasteiger partial charge in [-0.3, -0.25) is 4.79 Å². The molecule has 0 saturated carbocycles. The summed E-state index contributed by atoms with van der Waals surface area (Å²) >= 11 is 0. The summed E-state index contributed by atoms with van der Waals surface area (Å²) in [6, 6.07) is 17.6. The van der Waals surface area contributed by atoms with E-state index in [0.29, 0.717) is 0 Å². The summed E-state index contributed by atoms with van der Waals surface area (Å²) in [7, 11) is 0. The van der Waals surface area contributed by atoms with Crippen molar-refractivity contribution in [3.8, 4) is 11.1 Å². The lowest BCUT2D eigenvalue weighted by molar-refractivity contribution is -0.194. The lowest BCUT2D eigenvalue weighted by atomic mass is 9.98. The number of ketones is 1. The van der Waals surface area contributed by atoms with Gasteiger partial charge in [-0.2, -0.15) is 0 Å². The number of aliphatic hydroxyl groups is 1. The monoisotopic (exact) mass is 280 g/mol. The number of carbonyl (C=O) groups is 1. The number of carbonyl (C=O) groups excluding carboxylic acids is 1. The Hall–Kier alpha value is -2.23. The van der Waals surface area contributed by atoms with Crippen molar-refractivity contribution in [1.29, 1.82) is 0 Å². The topological polar surface area (TPSA) is 46.5 Å². The first-order valence-electron chi connectivity index (χ1n) is 6.84. The molecule has 0 bridgehead atoms. The molecule has 3 rings (SSSR count). The number of hydrogen-bond acceptors (Lipinski definition) is 3. The van der Waals surface area contributed by atoms with E-state index in [2.05, 4.69) is 0 Å². The average Bonchev–Trinajstić information content (AvgIpc) is 2.51. The van der Waals surface area contributed by atoms with Crippen molar-refractivity contribution in [2.45, 2.75) is 18.8 Å². The van der Waals surface area contributed by atoms with Crippen LogP contribution in [-0.2, 0) is 9.53 Å². The van der Waals surface area contributed by atoms with Crippen LogP contribution in [-0.4, -0.2) is 16.7 Å². The van der Waals surface area contributed by atoms with Crippen LogP contribution in [0.2, 0.25) is 0 Å². The maximum Gasteiger partial charge on any atom is 0.188 e. The van der Waals surface area contributed by atoms with E-state index in [-0.39, 0.29) is 5.78 Å². The number of hydrogen-bond donors (Lipinski definition) is 1. The maximum absolute atomic E-state index is 11.9. The van der Waals surface area contributed by atoms with E-state index in [1.54, 1.807) is 0 Å². The summed E-state index contributed by atoms with van der Waals surface area (Å²) in [5.74, 6) is -1.56. The minimum atomic E-state index is -1.41. The molecule has 2 aromatic rings. The Labute approximate surface area is 123 Å². The molecule has 0 fully saturated rings. The lowest BCUT2D eigenvalue weighted by Crippen LogP contribution is -2.34. The predicted octanol–water partition coefficient (Wildman–Crippen LogP) is 3.26. The highest BCUT2D eigenvalue weighted by Crippen LogP contribution is 2.30. The van der Waals surface area contributed by atoms with Crippen LogP contribution in [0.15, 0.2) is 66.7 Å². The predicted molar refractivity (Wildman–Crippen MR) is 80.5 cm³/mol. The largest absolute Gasteiger partial charge is 0.362 e. The molecule has 0 amide bonds. The molecular weight excluding hydrogens is 264 g/mol. The van der Waals surface area contributed by atoms with Gasteiger partial charge in [0, 0.05) is 0 Å². The van der Waals surface area contributed by atoms with Crippen LogP contribution in [0.1, 0.15) is 18.6 Å². The van der Waals surface area contributed by atoms with E-state index >= 15 is 0 Å². The van der Waals surface area contributed by atoms with Gasteiger partial charge in [-0.25, -0.2) is 0 Å². The fourth-order valence-electron chi connectivity index (χ4n) is 2.37. The first-order valence-corrected chi connectivity index (χ1v) is 6.84. The van der Waals surface area contributed by atoms with Crippen LogP contribution >= 0.6 is 0 Å². The Morgan fingerprint density at radius 2 is 1.62 bits per heavy atom. The third-order valence-electron chi connectivity index (χ3n) is 3.49. The van der Waals surface area contributed by atoms with E-state index in [1.165, 1.54) is 19.1 Å². The third kappa shape index (κ3) is 2.94. The molecule has 0 saturated heterocycles. The quantitative estimate of drug-likeness (QED) is 0.918. The van der Waals surface area contributed by atoms with Gasteiger partial charge < -0.3 is 9.84 Å². The highest BCUT2D eigenvalue weighted by atomic mass is 16.6. The van der Waals surface area contributed by atoms with Crippen LogP contribution < -0.4 is 0 Å². The molecule has 1 heterocycles. The van der Waals surface area contributed by atoms with E-state index < -0.39 is 11.9 Å². The standard InChI is InChI=1S/C18H16O3/c1-18(20)12-11-16(19)17(21-18)15-9-7-14(8-10-15)13-5-3-2-4-6-13/h2-12,17,20H,1H3/t17-,18+/m1/s1.